The number of anilines is 1. The van der Waals surface area contributed by atoms with Gasteiger partial charge < -0.3 is 4.90 Å². The van der Waals surface area contributed by atoms with Crippen molar-refractivity contribution >= 4 is 27.1 Å². The molecule has 2 aromatic heterocycles. The van der Waals surface area contributed by atoms with E-state index < -0.39 is 21.6 Å². The summed E-state index contributed by atoms with van der Waals surface area (Å²) in [6, 6.07) is 9.41. The summed E-state index contributed by atoms with van der Waals surface area (Å²) in [7, 11) is -3.37. The van der Waals surface area contributed by atoms with Crippen molar-refractivity contribution in [2.24, 2.45) is 0 Å². The van der Waals surface area contributed by atoms with Crippen molar-refractivity contribution in [3.05, 3.63) is 77.9 Å². The van der Waals surface area contributed by atoms with Crippen LogP contribution in [0.1, 0.15) is 28.0 Å². The highest BCUT2D eigenvalue weighted by molar-refractivity contribution is 7.90. The molecule has 3 heterocycles. The Morgan fingerprint density at radius 3 is 2.46 bits per heavy atom. The van der Waals surface area contributed by atoms with Crippen LogP contribution < -0.4 is 4.90 Å². The Morgan fingerprint density at radius 2 is 1.77 bits per heavy atom. The summed E-state index contributed by atoms with van der Waals surface area (Å²) in [5, 5.41) is 0. The molecule has 4 aromatic rings. The lowest BCUT2D eigenvalue weighted by atomic mass is 10.0. The first-order chi connectivity index (χ1) is 16.5. The van der Waals surface area contributed by atoms with Gasteiger partial charge in [0, 0.05) is 30.2 Å². The number of rotatable bonds is 3. The van der Waals surface area contributed by atoms with Gasteiger partial charge in [-0.15, -0.1) is 0 Å². The Morgan fingerprint density at radius 1 is 1.03 bits per heavy atom. The van der Waals surface area contributed by atoms with Crippen LogP contribution in [0.25, 0.3) is 16.9 Å². The molecule has 1 aliphatic rings. The molecule has 0 saturated heterocycles. The molecule has 1 amide bonds. The van der Waals surface area contributed by atoms with E-state index in [2.05, 4.69) is 9.97 Å². The van der Waals surface area contributed by atoms with Gasteiger partial charge in [0.2, 0.25) is 0 Å². The van der Waals surface area contributed by atoms with Gasteiger partial charge in [0.15, 0.2) is 15.5 Å². The first-order valence-corrected chi connectivity index (χ1v) is 12.6. The molecule has 0 atom stereocenters. The van der Waals surface area contributed by atoms with Gasteiger partial charge in [-0.05, 0) is 48.7 Å². The third-order valence-electron chi connectivity index (χ3n) is 5.97. The lowest BCUT2D eigenvalue weighted by molar-refractivity contribution is -0.137. The molecular weight excluding hydrogens is 481 g/mol. The fraction of sp³-hybridized carbons (Fsp3) is 0.208. The number of aryl methyl sites for hydroxylation is 1. The minimum Gasteiger partial charge on any atom is -0.307 e. The van der Waals surface area contributed by atoms with Crippen molar-refractivity contribution in [3.63, 3.8) is 0 Å². The minimum atomic E-state index is -4.44. The highest BCUT2D eigenvalue weighted by Gasteiger charge is 2.30. The number of hydrogen-bond donors (Lipinski definition) is 0. The second kappa shape index (κ2) is 8.19. The van der Waals surface area contributed by atoms with Crippen molar-refractivity contribution in [2.75, 3.05) is 17.7 Å². The van der Waals surface area contributed by atoms with Gasteiger partial charge in [0.25, 0.3) is 5.91 Å². The van der Waals surface area contributed by atoms with Crippen molar-refractivity contribution in [3.8, 4) is 11.3 Å². The van der Waals surface area contributed by atoms with Crippen LogP contribution in [-0.2, 0) is 22.4 Å². The Bertz CT molecular complexity index is 1560. The van der Waals surface area contributed by atoms with E-state index in [1.807, 2.05) is 0 Å². The van der Waals surface area contributed by atoms with E-state index in [-0.39, 0.29) is 16.5 Å². The number of alkyl halides is 3. The third kappa shape index (κ3) is 4.27. The minimum absolute atomic E-state index is 0.128. The molecule has 0 fully saturated rings. The standard InChI is InChI=1S/C24H19F3N4O3S/c1-35(33,34)18-8-9-20-16(11-18)3-2-10-30(20)23(32)19-14-31-21(12-29-22(31)13-28-19)15-4-6-17(7-5-15)24(25,26)27/h4-9,11-14H,2-3,10H2,1H3. The van der Waals surface area contributed by atoms with Gasteiger partial charge in [-0.2, -0.15) is 13.2 Å². The van der Waals surface area contributed by atoms with Crippen LogP contribution in [0.5, 0.6) is 0 Å². The third-order valence-corrected chi connectivity index (χ3v) is 7.08. The Hall–Kier alpha value is -3.73. The number of imidazole rings is 1. The SMILES string of the molecule is CS(=O)(=O)c1ccc2c(c1)CCCN2C(=O)c1cn2c(-c3ccc(C(F)(F)F)cc3)cnc2cn1. The first kappa shape index (κ1) is 23.0. The van der Waals surface area contributed by atoms with Crippen molar-refractivity contribution in [1.82, 2.24) is 14.4 Å². The zero-order valence-electron chi connectivity index (χ0n) is 18.5. The normalized spacial score (nSPS) is 14.2. The van der Waals surface area contributed by atoms with Gasteiger partial charge in [0.1, 0.15) is 5.69 Å². The average molecular weight is 501 g/mol. The quantitative estimate of drug-likeness (QED) is 0.416. The number of carbonyl (C=O) groups is 1. The molecule has 0 bridgehead atoms. The zero-order valence-corrected chi connectivity index (χ0v) is 19.3. The summed E-state index contributed by atoms with van der Waals surface area (Å²) in [5.74, 6) is -0.368. The van der Waals surface area contributed by atoms with Crippen LogP contribution in [-0.4, -0.2) is 41.5 Å². The molecule has 0 unspecified atom stereocenters. The molecule has 7 nitrogen and oxygen atoms in total. The number of sulfone groups is 1. The zero-order chi connectivity index (χ0) is 25.0. The van der Waals surface area contributed by atoms with Crippen LogP contribution in [0.4, 0.5) is 18.9 Å². The van der Waals surface area contributed by atoms with Gasteiger partial charge >= 0.3 is 6.18 Å². The summed E-state index contributed by atoms with van der Waals surface area (Å²) in [6.45, 7) is 0.444. The number of fused-ring (bicyclic) bond motifs is 2. The summed E-state index contributed by atoms with van der Waals surface area (Å²) < 4.78 is 64.2. The first-order valence-electron chi connectivity index (χ1n) is 10.7. The van der Waals surface area contributed by atoms with Gasteiger partial charge in [-0.1, -0.05) is 12.1 Å². The highest BCUT2D eigenvalue weighted by atomic mass is 32.2. The molecule has 2 aromatic carbocycles. The number of amides is 1. The number of nitrogens with zero attached hydrogens (tertiary/aromatic N) is 4. The van der Waals surface area contributed by atoms with Gasteiger partial charge in [0.05, 0.1) is 28.5 Å². The summed E-state index contributed by atoms with van der Waals surface area (Å²) in [5.41, 5.74) is 2.23. The highest BCUT2D eigenvalue weighted by Crippen LogP contribution is 2.32. The van der Waals surface area contributed by atoms with Crippen LogP contribution >= 0.6 is 0 Å². The summed E-state index contributed by atoms with van der Waals surface area (Å²) in [6.07, 6.45) is 2.46. The van der Waals surface area contributed by atoms with Gasteiger partial charge in [-0.25, -0.2) is 18.4 Å². The molecule has 1 aliphatic heterocycles. The predicted molar refractivity (Wildman–Crippen MR) is 123 cm³/mol. The fourth-order valence-corrected chi connectivity index (χ4v) is 4.87. The summed E-state index contributed by atoms with van der Waals surface area (Å²) in [4.78, 5) is 23.7. The maximum atomic E-state index is 13.4. The maximum absolute atomic E-state index is 13.4. The van der Waals surface area contributed by atoms with E-state index in [0.717, 1.165) is 24.0 Å². The molecule has 0 spiro atoms. The smallest absolute Gasteiger partial charge is 0.307 e. The lowest BCUT2D eigenvalue weighted by Crippen LogP contribution is -2.36. The topological polar surface area (TPSA) is 84.6 Å². The molecule has 5 rings (SSSR count). The molecule has 0 aliphatic carbocycles. The molecule has 0 radical (unpaired) electrons. The number of hydrogen-bond acceptors (Lipinski definition) is 5. The van der Waals surface area contributed by atoms with Crippen molar-refractivity contribution in [2.45, 2.75) is 23.9 Å². The lowest BCUT2D eigenvalue weighted by Gasteiger charge is -2.29. The van der Waals surface area contributed by atoms with E-state index >= 15 is 0 Å². The average Bonchev–Trinajstić information content (AvgIpc) is 3.25. The molecule has 0 N–H and O–H groups in total. The second-order valence-corrected chi connectivity index (χ2v) is 10.4. The van der Waals surface area contributed by atoms with E-state index in [1.165, 1.54) is 36.8 Å². The Kier molecular flexibility index (Phi) is 5.39. The van der Waals surface area contributed by atoms with Crippen LogP contribution in [0.3, 0.4) is 0 Å². The Labute approximate surface area is 198 Å². The molecule has 11 heteroatoms. The largest absolute Gasteiger partial charge is 0.416 e. The van der Waals surface area contributed by atoms with Gasteiger partial charge in [-0.3, -0.25) is 9.20 Å². The van der Waals surface area contributed by atoms with E-state index in [9.17, 15) is 26.4 Å². The predicted octanol–water partition coefficient (Wildman–Crippen LogP) is 4.41. The van der Waals surface area contributed by atoms with E-state index in [4.69, 9.17) is 0 Å². The number of halogens is 3. The van der Waals surface area contributed by atoms with E-state index in [0.29, 0.717) is 42.0 Å². The maximum Gasteiger partial charge on any atom is 0.416 e. The molecule has 0 saturated carbocycles. The van der Waals surface area contributed by atoms with Crippen LogP contribution in [0.2, 0.25) is 0 Å². The fourth-order valence-electron chi connectivity index (χ4n) is 4.20. The Balaban J connectivity index is 1.50. The molecular formula is C24H19F3N4O3S. The molecule has 35 heavy (non-hydrogen) atoms. The van der Waals surface area contributed by atoms with Crippen LogP contribution in [0.15, 0.2) is 66.0 Å². The number of aromatic nitrogens is 3. The second-order valence-electron chi connectivity index (χ2n) is 8.34. The number of benzene rings is 2. The van der Waals surface area contributed by atoms with Crippen LogP contribution in [0, 0.1) is 0 Å². The summed E-state index contributed by atoms with van der Waals surface area (Å²) >= 11 is 0. The number of carbonyl (C=O) groups excluding carboxylic acids is 1. The monoisotopic (exact) mass is 500 g/mol. The van der Waals surface area contributed by atoms with Crippen molar-refractivity contribution in [1.29, 1.82) is 0 Å². The van der Waals surface area contributed by atoms with Crippen molar-refractivity contribution < 1.29 is 26.4 Å². The molecule has 180 valence electrons. The van der Waals surface area contributed by atoms with E-state index in [1.54, 1.807) is 21.4 Å².